The van der Waals surface area contributed by atoms with Crippen molar-refractivity contribution in [1.82, 2.24) is 14.8 Å². The number of alkyl halides is 3. The Morgan fingerprint density at radius 1 is 1.06 bits per heavy atom. The van der Waals surface area contributed by atoms with E-state index in [0.717, 1.165) is 42.8 Å². The quantitative estimate of drug-likeness (QED) is 0.185. The van der Waals surface area contributed by atoms with Gasteiger partial charge < -0.3 is 19.1 Å². The fourth-order valence-electron chi connectivity index (χ4n) is 6.96. The molecule has 0 spiro atoms. The first-order valence-electron chi connectivity index (χ1n) is 16.2. The van der Waals surface area contributed by atoms with Crippen LogP contribution in [0.5, 0.6) is 0 Å². The standard InChI is InChI=1S/C33H46F3N5O5S/c1-20-14-25(15-21(2)39(20)19-28(42)46-31(3,4)5)45-13-12-44-24-10-8-22(9-11-24)41-30(47)40(29(43)32(41,6)7)23-16-26(33(34,35)36)27(17-37)38-18-23/h16,18,20-22,24-25H,8-15,19H2,1-7H3/t20-,21+,22?,24?,25?. The minimum Gasteiger partial charge on any atom is -0.459 e. The molecule has 0 N–H and O–H groups in total. The molecular formula is C33H46F3N5O5S. The largest absolute Gasteiger partial charge is 0.459 e. The third kappa shape index (κ3) is 8.60. The van der Waals surface area contributed by atoms with Crippen molar-refractivity contribution < 1.29 is 37.0 Å². The highest BCUT2D eigenvalue weighted by Gasteiger charge is 2.53. The molecule has 14 heteroatoms. The Morgan fingerprint density at radius 2 is 1.64 bits per heavy atom. The molecule has 3 fully saturated rings. The zero-order valence-electron chi connectivity index (χ0n) is 28.2. The summed E-state index contributed by atoms with van der Waals surface area (Å²) in [5.74, 6) is -0.669. The van der Waals surface area contributed by atoms with Crippen LogP contribution in [-0.2, 0) is 30.0 Å². The van der Waals surface area contributed by atoms with Gasteiger partial charge in [-0.1, -0.05) is 0 Å². The van der Waals surface area contributed by atoms with Crippen LogP contribution in [-0.4, -0.2) is 93.0 Å². The predicted molar refractivity (Wildman–Crippen MR) is 172 cm³/mol. The lowest BCUT2D eigenvalue weighted by molar-refractivity contribution is -0.159. The molecule has 1 saturated carbocycles. The Bertz CT molecular complexity index is 1360. The molecule has 1 aliphatic carbocycles. The van der Waals surface area contributed by atoms with Gasteiger partial charge in [0.15, 0.2) is 10.8 Å². The van der Waals surface area contributed by atoms with E-state index in [2.05, 4.69) is 23.7 Å². The van der Waals surface area contributed by atoms with Crippen LogP contribution in [0.3, 0.4) is 0 Å². The predicted octanol–water partition coefficient (Wildman–Crippen LogP) is 5.61. The summed E-state index contributed by atoms with van der Waals surface area (Å²) in [4.78, 5) is 34.6. The van der Waals surface area contributed by atoms with Crippen molar-refractivity contribution in [3.63, 3.8) is 0 Å². The van der Waals surface area contributed by atoms with Gasteiger partial charge in [-0.15, -0.1) is 0 Å². The number of carbonyl (C=O) groups excluding carboxylic acids is 2. The average molecular weight is 682 g/mol. The summed E-state index contributed by atoms with van der Waals surface area (Å²) in [7, 11) is 0. The molecule has 2 aliphatic heterocycles. The average Bonchev–Trinajstić information content (AvgIpc) is 3.14. The van der Waals surface area contributed by atoms with Gasteiger partial charge in [-0.2, -0.15) is 18.4 Å². The monoisotopic (exact) mass is 681 g/mol. The van der Waals surface area contributed by atoms with Crippen LogP contribution < -0.4 is 4.90 Å². The number of amides is 1. The number of nitrogens with zero attached hydrogens (tertiary/aromatic N) is 5. The van der Waals surface area contributed by atoms with Gasteiger partial charge in [0.1, 0.15) is 17.2 Å². The van der Waals surface area contributed by atoms with Crippen LogP contribution in [0.15, 0.2) is 12.3 Å². The summed E-state index contributed by atoms with van der Waals surface area (Å²) in [6.07, 6.45) is 0.864. The van der Waals surface area contributed by atoms with E-state index in [1.54, 1.807) is 13.8 Å². The number of anilines is 1. The second-order valence-electron chi connectivity index (χ2n) is 14.3. The summed E-state index contributed by atoms with van der Waals surface area (Å²) >= 11 is 5.67. The number of hydrogen-bond donors (Lipinski definition) is 0. The fraction of sp³-hybridized carbons (Fsp3) is 0.727. The number of pyridine rings is 1. The number of esters is 1. The Morgan fingerprint density at radius 3 is 2.17 bits per heavy atom. The van der Waals surface area contributed by atoms with Gasteiger partial charge in [-0.3, -0.25) is 19.4 Å². The molecule has 1 amide bonds. The number of aromatic nitrogens is 1. The first kappa shape index (κ1) is 37.0. The van der Waals surface area contributed by atoms with Crippen LogP contribution >= 0.6 is 12.2 Å². The van der Waals surface area contributed by atoms with E-state index in [1.807, 2.05) is 25.7 Å². The van der Waals surface area contributed by atoms with Crippen molar-refractivity contribution in [1.29, 1.82) is 5.26 Å². The van der Waals surface area contributed by atoms with Crippen molar-refractivity contribution in [3.05, 3.63) is 23.5 Å². The maximum Gasteiger partial charge on any atom is 0.419 e. The van der Waals surface area contributed by atoms with E-state index in [1.165, 1.54) is 6.07 Å². The topological polar surface area (TPSA) is 108 Å². The normalized spacial score (nSPS) is 27.2. The lowest BCUT2D eigenvalue weighted by Crippen LogP contribution is -2.51. The smallest absolute Gasteiger partial charge is 0.419 e. The maximum atomic E-state index is 13.6. The van der Waals surface area contributed by atoms with Crippen LogP contribution in [0.25, 0.3) is 0 Å². The molecule has 1 unspecified atom stereocenters. The van der Waals surface area contributed by atoms with E-state index in [-0.39, 0.29) is 53.6 Å². The molecule has 2 saturated heterocycles. The lowest BCUT2D eigenvalue weighted by Gasteiger charge is -2.42. The zero-order valence-corrected chi connectivity index (χ0v) is 29.0. The minimum atomic E-state index is -4.81. The summed E-state index contributed by atoms with van der Waals surface area (Å²) in [6, 6.07) is 2.48. The molecule has 3 heterocycles. The SMILES string of the molecule is C[C@@H]1CC(OCCOC2CCC(N3C(=S)N(c4cnc(C#N)c(C(F)(F)F)c4)C(=O)C3(C)C)CC2)C[C@H](C)N1CC(=O)OC(C)(C)C. The van der Waals surface area contributed by atoms with E-state index >= 15 is 0 Å². The van der Waals surface area contributed by atoms with Gasteiger partial charge in [-0.25, -0.2) is 4.98 Å². The van der Waals surface area contributed by atoms with Crippen LogP contribution in [0.2, 0.25) is 0 Å². The molecule has 1 aromatic heterocycles. The molecule has 1 aromatic rings. The highest BCUT2D eigenvalue weighted by molar-refractivity contribution is 7.80. The third-order valence-corrected chi connectivity index (χ3v) is 9.52. The Kier molecular flexibility index (Phi) is 11.3. The summed E-state index contributed by atoms with van der Waals surface area (Å²) in [5.41, 5.74) is -3.68. The number of hydrogen-bond acceptors (Lipinski definition) is 9. The Balaban J connectivity index is 1.25. The summed E-state index contributed by atoms with van der Waals surface area (Å²) < 4.78 is 58.7. The number of piperidine rings is 1. The number of likely N-dealkylation sites (tertiary alicyclic amines) is 1. The molecule has 10 nitrogen and oxygen atoms in total. The maximum absolute atomic E-state index is 13.6. The van der Waals surface area contributed by atoms with Crippen molar-refractivity contribution in [2.75, 3.05) is 24.7 Å². The first-order valence-corrected chi connectivity index (χ1v) is 16.6. The van der Waals surface area contributed by atoms with Crippen molar-refractivity contribution in [3.8, 4) is 6.07 Å². The number of rotatable bonds is 9. The minimum absolute atomic E-state index is 0.0199. The molecule has 47 heavy (non-hydrogen) atoms. The number of thiocarbonyl (C=S) groups is 1. The highest BCUT2D eigenvalue weighted by atomic mass is 32.1. The summed E-state index contributed by atoms with van der Waals surface area (Å²) in [5, 5.41) is 9.23. The van der Waals surface area contributed by atoms with E-state index < -0.39 is 34.5 Å². The van der Waals surface area contributed by atoms with Gasteiger partial charge >= 0.3 is 12.1 Å². The number of halogens is 3. The Hall–Kier alpha value is -2.86. The molecule has 0 radical (unpaired) electrons. The molecule has 3 aliphatic rings. The van der Waals surface area contributed by atoms with Crippen molar-refractivity contribution in [2.45, 2.75) is 135 Å². The zero-order chi connectivity index (χ0) is 34.9. The second-order valence-corrected chi connectivity index (χ2v) is 14.6. The Labute approximate surface area is 280 Å². The number of carbonyl (C=O) groups is 2. The van der Waals surface area contributed by atoms with Crippen LogP contribution in [0, 0.1) is 11.3 Å². The molecule has 0 bridgehead atoms. The summed E-state index contributed by atoms with van der Waals surface area (Å²) in [6.45, 7) is 14.4. The van der Waals surface area contributed by atoms with E-state index in [0.29, 0.717) is 26.1 Å². The van der Waals surface area contributed by atoms with E-state index in [4.69, 9.17) is 31.7 Å². The van der Waals surface area contributed by atoms with Gasteiger partial charge in [0.2, 0.25) is 0 Å². The fourth-order valence-corrected chi connectivity index (χ4v) is 7.53. The molecule has 4 rings (SSSR count). The van der Waals surface area contributed by atoms with Gasteiger partial charge in [0, 0.05) is 18.1 Å². The first-order chi connectivity index (χ1) is 21.8. The van der Waals surface area contributed by atoms with Gasteiger partial charge in [0.05, 0.1) is 49.4 Å². The van der Waals surface area contributed by atoms with Crippen LogP contribution in [0.4, 0.5) is 18.9 Å². The molecular weight excluding hydrogens is 635 g/mol. The molecule has 0 aromatic carbocycles. The van der Waals surface area contributed by atoms with Crippen LogP contribution in [0.1, 0.15) is 98.2 Å². The number of nitriles is 1. The van der Waals surface area contributed by atoms with Crippen molar-refractivity contribution >= 4 is 34.9 Å². The van der Waals surface area contributed by atoms with Crippen molar-refractivity contribution in [2.24, 2.45) is 0 Å². The third-order valence-electron chi connectivity index (χ3n) is 9.14. The lowest BCUT2D eigenvalue weighted by atomic mass is 9.89. The number of ether oxygens (including phenoxy) is 3. The highest BCUT2D eigenvalue weighted by Crippen LogP contribution is 2.40. The van der Waals surface area contributed by atoms with E-state index in [9.17, 15) is 22.8 Å². The molecule has 260 valence electrons. The second kappa shape index (κ2) is 14.3. The van der Waals surface area contributed by atoms with Gasteiger partial charge in [0.25, 0.3) is 5.91 Å². The molecule has 3 atom stereocenters. The van der Waals surface area contributed by atoms with Gasteiger partial charge in [-0.05, 0) is 105 Å².